The van der Waals surface area contributed by atoms with Gasteiger partial charge in [0.25, 0.3) is 5.91 Å². The second-order valence-electron chi connectivity index (χ2n) is 5.92. The summed E-state index contributed by atoms with van der Waals surface area (Å²) in [5.41, 5.74) is 5.76. The van der Waals surface area contributed by atoms with Gasteiger partial charge in [0, 0.05) is 30.2 Å². The van der Waals surface area contributed by atoms with E-state index in [0.29, 0.717) is 34.5 Å². The van der Waals surface area contributed by atoms with Crippen LogP contribution in [0.2, 0.25) is 10.0 Å². The molecule has 1 aromatic rings. The van der Waals surface area contributed by atoms with Gasteiger partial charge in [-0.15, -0.1) is 0 Å². The number of rotatable bonds is 4. The summed E-state index contributed by atoms with van der Waals surface area (Å²) in [7, 11) is 0. The fourth-order valence-corrected chi connectivity index (χ4v) is 3.17. The van der Waals surface area contributed by atoms with Gasteiger partial charge in [-0.3, -0.25) is 10.2 Å². The van der Waals surface area contributed by atoms with E-state index in [2.05, 4.69) is 21.3 Å². The summed E-state index contributed by atoms with van der Waals surface area (Å²) < 4.78 is 5.40. The van der Waals surface area contributed by atoms with Crippen LogP contribution >= 0.6 is 23.2 Å². The number of benzene rings is 1. The molecule has 0 aromatic heterocycles. The molecule has 0 unspecified atom stereocenters. The van der Waals surface area contributed by atoms with E-state index >= 15 is 0 Å². The number of urea groups is 1. The average molecular weight is 401 g/mol. The van der Waals surface area contributed by atoms with E-state index in [1.807, 2.05) is 0 Å². The highest BCUT2D eigenvalue weighted by Crippen LogP contribution is 2.25. The zero-order valence-corrected chi connectivity index (χ0v) is 15.3. The van der Waals surface area contributed by atoms with Gasteiger partial charge in [-0.25, -0.2) is 10.2 Å². The van der Waals surface area contributed by atoms with Crippen LogP contribution in [-0.4, -0.2) is 43.0 Å². The number of hydrogen-bond donors (Lipinski definition) is 3. The van der Waals surface area contributed by atoms with Gasteiger partial charge in [0.15, 0.2) is 0 Å². The molecule has 140 valence electrons. The number of hydrogen-bond acceptors (Lipinski definition) is 5. The molecule has 1 saturated heterocycles. The van der Waals surface area contributed by atoms with Gasteiger partial charge >= 0.3 is 6.03 Å². The first-order chi connectivity index (χ1) is 12.5. The van der Waals surface area contributed by atoms with Crippen molar-refractivity contribution >= 4 is 40.9 Å². The molecule has 1 aromatic carbocycles. The second kappa shape index (κ2) is 8.57. The highest BCUT2D eigenvalue weighted by molar-refractivity contribution is 6.37. The molecule has 0 radical (unpaired) electrons. The highest BCUT2D eigenvalue weighted by Gasteiger charge is 2.30. The van der Waals surface area contributed by atoms with Gasteiger partial charge in [0.1, 0.15) is 0 Å². The Morgan fingerprint density at radius 1 is 1.27 bits per heavy atom. The molecule has 0 spiro atoms. The molecule has 3 N–H and O–H groups in total. The number of hydrazine groups is 1. The van der Waals surface area contributed by atoms with Crippen LogP contribution in [0.5, 0.6) is 0 Å². The Labute approximate surface area is 160 Å². The molecule has 2 aliphatic rings. The maximum absolute atomic E-state index is 12.1. The summed E-state index contributed by atoms with van der Waals surface area (Å²) in [6.07, 6.45) is 1.30. The number of nitrogens with one attached hydrogen (secondary N) is 3. The fourth-order valence-electron chi connectivity index (χ4n) is 2.66. The standard InChI is InChI=1S/C16H18Cl2N4O4/c17-9-3-4-11(12(18)6-9)13-7-14(26-22-13)15(23)20-21-16(24)19-8-10-2-1-5-25-10/h3-4,6,10,14H,1-2,5,7-8H2,(H,20,23)(H2,19,21,24)/t10-,14-/m1/s1. The predicted octanol–water partition coefficient (Wildman–Crippen LogP) is 2.00. The molecule has 2 heterocycles. The van der Waals surface area contributed by atoms with Gasteiger partial charge in [-0.1, -0.05) is 34.4 Å². The molecule has 1 fully saturated rings. The average Bonchev–Trinajstić information content (AvgIpc) is 3.29. The van der Waals surface area contributed by atoms with Crippen molar-refractivity contribution in [1.29, 1.82) is 0 Å². The van der Waals surface area contributed by atoms with Crippen LogP contribution in [-0.2, 0) is 14.4 Å². The summed E-state index contributed by atoms with van der Waals surface area (Å²) in [5.74, 6) is -0.513. The lowest BCUT2D eigenvalue weighted by molar-refractivity contribution is -0.131. The fraction of sp³-hybridized carbons (Fsp3) is 0.438. The molecular formula is C16H18Cl2N4O4. The van der Waals surface area contributed by atoms with Crippen molar-refractivity contribution in [2.24, 2.45) is 5.16 Å². The molecular weight excluding hydrogens is 383 g/mol. The van der Waals surface area contributed by atoms with Crippen molar-refractivity contribution in [2.75, 3.05) is 13.2 Å². The largest absolute Gasteiger partial charge is 0.382 e. The highest BCUT2D eigenvalue weighted by atomic mass is 35.5. The van der Waals surface area contributed by atoms with Crippen LogP contribution < -0.4 is 16.2 Å². The first-order valence-electron chi connectivity index (χ1n) is 8.16. The Bertz CT molecular complexity index is 722. The molecule has 10 heteroatoms. The smallest absolute Gasteiger partial charge is 0.333 e. The number of amides is 3. The van der Waals surface area contributed by atoms with E-state index in [1.165, 1.54) is 0 Å². The van der Waals surface area contributed by atoms with Crippen molar-refractivity contribution in [1.82, 2.24) is 16.2 Å². The van der Waals surface area contributed by atoms with Crippen molar-refractivity contribution in [3.8, 4) is 0 Å². The van der Waals surface area contributed by atoms with Gasteiger partial charge in [0.05, 0.1) is 16.8 Å². The number of carbonyl (C=O) groups is 2. The number of carbonyl (C=O) groups excluding carboxylic acids is 2. The molecule has 3 amide bonds. The normalized spacial score (nSPS) is 21.7. The van der Waals surface area contributed by atoms with E-state index in [4.69, 9.17) is 32.8 Å². The van der Waals surface area contributed by atoms with Gasteiger partial charge in [-0.2, -0.15) is 0 Å². The van der Waals surface area contributed by atoms with Crippen LogP contribution in [0.15, 0.2) is 23.4 Å². The minimum absolute atomic E-state index is 0.0229. The minimum Gasteiger partial charge on any atom is -0.382 e. The Hall–Kier alpha value is -2.03. The van der Waals surface area contributed by atoms with Crippen molar-refractivity contribution < 1.29 is 19.2 Å². The number of nitrogens with zero attached hydrogens (tertiary/aromatic N) is 1. The van der Waals surface area contributed by atoms with Crippen molar-refractivity contribution in [3.63, 3.8) is 0 Å². The molecule has 0 bridgehead atoms. The Morgan fingerprint density at radius 3 is 2.85 bits per heavy atom. The molecule has 2 aliphatic heterocycles. The summed E-state index contributed by atoms with van der Waals surface area (Å²) >= 11 is 12.0. The zero-order chi connectivity index (χ0) is 18.5. The third-order valence-corrected chi connectivity index (χ3v) is 4.56. The summed E-state index contributed by atoms with van der Waals surface area (Å²) in [6.45, 7) is 1.10. The topological polar surface area (TPSA) is 101 Å². The lowest BCUT2D eigenvalue weighted by atomic mass is 10.0. The quantitative estimate of drug-likeness (QED) is 0.672. The number of oxime groups is 1. The molecule has 0 aliphatic carbocycles. The zero-order valence-electron chi connectivity index (χ0n) is 13.8. The maximum Gasteiger partial charge on any atom is 0.333 e. The van der Waals surface area contributed by atoms with Crippen molar-refractivity contribution in [3.05, 3.63) is 33.8 Å². The molecule has 0 saturated carbocycles. The molecule has 2 atom stereocenters. The summed E-state index contributed by atoms with van der Waals surface area (Å²) in [6, 6.07) is 4.46. The number of ether oxygens (including phenoxy) is 1. The van der Waals surface area contributed by atoms with E-state index in [-0.39, 0.29) is 12.5 Å². The van der Waals surface area contributed by atoms with E-state index in [0.717, 1.165) is 12.8 Å². The van der Waals surface area contributed by atoms with Gasteiger partial charge in [0.2, 0.25) is 6.10 Å². The first kappa shape index (κ1) is 18.8. The lowest BCUT2D eigenvalue weighted by Gasteiger charge is -2.13. The lowest BCUT2D eigenvalue weighted by Crippen LogP contribution is -2.51. The Kier molecular flexibility index (Phi) is 6.18. The molecule has 8 nitrogen and oxygen atoms in total. The molecule has 3 rings (SSSR count). The Balaban J connectivity index is 1.42. The molecule has 26 heavy (non-hydrogen) atoms. The first-order valence-corrected chi connectivity index (χ1v) is 8.92. The van der Waals surface area contributed by atoms with Crippen LogP contribution in [0.4, 0.5) is 4.79 Å². The SMILES string of the molecule is O=C(NC[C@H]1CCCO1)NNC(=O)[C@H]1CC(c2ccc(Cl)cc2Cl)=NO1. The summed E-state index contributed by atoms with van der Waals surface area (Å²) in [4.78, 5) is 28.9. The van der Waals surface area contributed by atoms with Crippen LogP contribution in [0.25, 0.3) is 0 Å². The van der Waals surface area contributed by atoms with E-state index in [9.17, 15) is 9.59 Å². The second-order valence-corrected chi connectivity index (χ2v) is 6.76. The number of halogens is 2. The van der Waals surface area contributed by atoms with Gasteiger partial charge in [-0.05, 0) is 25.0 Å². The Morgan fingerprint density at radius 2 is 2.12 bits per heavy atom. The third-order valence-electron chi connectivity index (χ3n) is 4.02. The van der Waals surface area contributed by atoms with E-state index < -0.39 is 18.0 Å². The van der Waals surface area contributed by atoms with Crippen LogP contribution in [0.3, 0.4) is 0 Å². The van der Waals surface area contributed by atoms with Gasteiger partial charge < -0.3 is 14.9 Å². The maximum atomic E-state index is 12.1. The minimum atomic E-state index is -0.852. The van der Waals surface area contributed by atoms with Crippen LogP contribution in [0, 0.1) is 0 Å². The third kappa shape index (κ3) is 4.78. The van der Waals surface area contributed by atoms with E-state index in [1.54, 1.807) is 18.2 Å². The van der Waals surface area contributed by atoms with Crippen molar-refractivity contribution in [2.45, 2.75) is 31.5 Å². The van der Waals surface area contributed by atoms with Crippen LogP contribution in [0.1, 0.15) is 24.8 Å². The monoisotopic (exact) mass is 400 g/mol. The predicted molar refractivity (Wildman–Crippen MR) is 96.1 cm³/mol. The summed E-state index contributed by atoms with van der Waals surface area (Å²) in [5, 5.41) is 7.46.